The summed E-state index contributed by atoms with van der Waals surface area (Å²) < 4.78 is 0. The van der Waals surface area contributed by atoms with Crippen LogP contribution in [-0.4, -0.2) is 0 Å². The van der Waals surface area contributed by atoms with Gasteiger partial charge in [0.1, 0.15) is 0 Å². The van der Waals surface area contributed by atoms with Gasteiger partial charge in [0, 0.05) is 0 Å². The Morgan fingerprint density at radius 1 is 1.22 bits per heavy atom. The molecule has 0 aromatic heterocycles. The molecule has 4 unspecified atom stereocenters. The predicted molar refractivity (Wildman–Crippen MR) is 123 cm³/mol. The van der Waals surface area contributed by atoms with E-state index in [-0.39, 0.29) is 0 Å². The molecule has 0 saturated carbocycles. The average molecular weight is 369 g/mol. The molecule has 0 N–H and O–H groups in total. The Kier molecular flexibility index (Phi) is 10.8. The summed E-state index contributed by atoms with van der Waals surface area (Å²) in [4.78, 5) is 0. The van der Waals surface area contributed by atoms with Crippen LogP contribution in [-0.2, 0) is 0 Å². The first-order chi connectivity index (χ1) is 13.0. The molecule has 0 heterocycles. The van der Waals surface area contributed by atoms with Gasteiger partial charge in [0.05, 0.1) is 0 Å². The molecule has 2 rings (SSSR count). The monoisotopic (exact) mass is 368 g/mol. The standard InChI is InChI=1S/C25H38.C2H6/c1-6-12-22(7-2)13-10-8-9-11-14-24-21(4)15-16-23-19-20(3)17-18-25(23,24)5;1-2/h2,12,15-16,19-21,24H,6,8-11,13-14,17-18H2,1,3-5H3;1-2H3/b22-12+;. The molecule has 0 aromatic carbocycles. The van der Waals surface area contributed by atoms with Gasteiger partial charge >= 0.3 is 0 Å². The van der Waals surface area contributed by atoms with Crippen molar-refractivity contribution >= 4 is 0 Å². The van der Waals surface area contributed by atoms with E-state index in [9.17, 15) is 0 Å². The van der Waals surface area contributed by atoms with Gasteiger partial charge in [0.2, 0.25) is 0 Å². The smallest absolute Gasteiger partial charge is 0.00224 e. The minimum Gasteiger partial charge on any atom is -0.115 e. The first-order valence-corrected chi connectivity index (χ1v) is 11.6. The van der Waals surface area contributed by atoms with Crippen LogP contribution >= 0.6 is 0 Å². The lowest BCUT2D eigenvalue weighted by molar-refractivity contribution is 0.139. The molecule has 0 aromatic rings. The minimum atomic E-state index is 0.418. The number of terminal acetylenes is 1. The van der Waals surface area contributed by atoms with Crippen molar-refractivity contribution in [2.75, 3.05) is 0 Å². The van der Waals surface area contributed by atoms with Gasteiger partial charge < -0.3 is 0 Å². The van der Waals surface area contributed by atoms with E-state index in [4.69, 9.17) is 6.42 Å². The third kappa shape index (κ3) is 6.71. The maximum absolute atomic E-state index is 5.57. The SMILES string of the molecule is C#C/C(=C\CC)CCCCCCC1C(C)C=CC2=CC(C)CCC21C.CC. The Hall–Kier alpha value is -1.22. The summed E-state index contributed by atoms with van der Waals surface area (Å²) in [6.45, 7) is 13.5. The second-order valence-corrected chi connectivity index (χ2v) is 8.61. The molecule has 0 fully saturated rings. The van der Waals surface area contributed by atoms with Crippen molar-refractivity contribution in [2.24, 2.45) is 23.2 Å². The topological polar surface area (TPSA) is 0 Å². The first kappa shape index (κ1) is 23.8. The normalized spacial score (nSPS) is 29.9. The quantitative estimate of drug-likeness (QED) is 0.297. The third-order valence-corrected chi connectivity index (χ3v) is 6.62. The molecule has 0 amide bonds. The maximum atomic E-state index is 5.57. The number of rotatable bonds is 8. The maximum Gasteiger partial charge on any atom is -0.00224 e. The number of fused-ring (bicyclic) bond motifs is 1. The summed E-state index contributed by atoms with van der Waals surface area (Å²) in [5.41, 5.74) is 3.24. The second-order valence-electron chi connectivity index (χ2n) is 8.61. The van der Waals surface area contributed by atoms with Gasteiger partial charge in [-0.25, -0.2) is 0 Å². The highest BCUT2D eigenvalue weighted by atomic mass is 14.5. The Morgan fingerprint density at radius 2 is 1.93 bits per heavy atom. The summed E-state index contributed by atoms with van der Waals surface area (Å²) in [7, 11) is 0. The lowest BCUT2D eigenvalue weighted by Gasteiger charge is -2.47. The molecular formula is C27H44. The summed E-state index contributed by atoms with van der Waals surface area (Å²) in [6, 6.07) is 0. The Morgan fingerprint density at radius 3 is 2.59 bits per heavy atom. The third-order valence-electron chi connectivity index (χ3n) is 6.62. The number of unbranched alkanes of at least 4 members (excludes halogenated alkanes) is 3. The van der Waals surface area contributed by atoms with E-state index in [2.05, 4.69) is 57.9 Å². The molecule has 0 aliphatic heterocycles. The molecular weight excluding hydrogens is 324 g/mol. The fraction of sp³-hybridized carbons (Fsp3) is 0.704. The Labute approximate surface area is 170 Å². The first-order valence-electron chi connectivity index (χ1n) is 11.6. The summed E-state index contributed by atoms with van der Waals surface area (Å²) in [5.74, 6) is 5.13. The van der Waals surface area contributed by atoms with Crippen molar-refractivity contribution < 1.29 is 0 Å². The second kappa shape index (κ2) is 12.3. The molecule has 27 heavy (non-hydrogen) atoms. The minimum absolute atomic E-state index is 0.418. The molecule has 0 spiro atoms. The van der Waals surface area contributed by atoms with Gasteiger partial charge in [-0.15, -0.1) is 6.42 Å². The molecule has 0 saturated heterocycles. The van der Waals surface area contributed by atoms with Crippen LogP contribution in [0.3, 0.4) is 0 Å². The van der Waals surface area contributed by atoms with Gasteiger partial charge in [-0.05, 0) is 72.8 Å². The van der Waals surface area contributed by atoms with Crippen molar-refractivity contribution in [3.63, 3.8) is 0 Å². The van der Waals surface area contributed by atoms with Crippen LogP contribution in [0, 0.1) is 35.5 Å². The highest BCUT2D eigenvalue weighted by Crippen LogP contribution is 2.52. The van der Waals surface area contributed by atoms with Gasteiger partial charge in [-0.1, -0.05) is 91.0 Å². The van der Waals surface area contributed by atoms with E-state index in [0.29, 0.717) is 5.41 Å². The molecule has 0 radical (unpaired) electrons. The highest BCUT2D eigenvalue weighted by molar-refractivity contribution is 5.34. The van der Waals surface area contributed by atoms with Crippen LogP contribution in [0.25, 0.3) is 0 Å². The van der Waals surface area contributed by atoms with Crippen molar-refractivity contribution in [3.05, 3.63) is 35.5 Å². The van der Waals surface area contributed by atoms with E-state index in [1.165, 1.54) is 50.5 Å². The van der Waals surface area contributed by atoms with E-state index in [1.807, 2.05) is 13.8 Å². The van der Waals surface area contributed by atoms with E-state index in [0.717, 1.165) is 30.6 Å². The van der Waals surface area contributed by atoms with Crippen molar-refractivity contribution in [1.82, 2.24) is 0 Å². The zero-order chi connectivity index (χ0) is 20.3. The Balaban J connectivity index is 0.00000176. The molecule has 0 bridgehead atoms. The van der Waals surface area contributed by atoms with Gasteiger partial charge in [0.15, 0.2) is 0 Å². The van der Waals surface area contributed by atoms with Crippen molar-refractivity contribution in [2.45, 2.75) is 99.3 Å². The van der Waals surface area contributed by atoms with Crippen LogP contribution in [0.5, 0.6) is 0 Å². The number of allylic oxidation sites excluding steroid dienone is 6. The van der Waals surface area contributed by atoms with Gasteiger partial charge in [-0.3, -0.25) is 0 Å². The molecule has 2 aliphatic rings. The fourth-order valence-electron chi connectivity index (χ4n) is 4.96. The number of hydrogen-bond donors (Lipinski definition) is 0. The van der Waals surface area contributed by atoms with Gasteiger partial charge in [0.25, 0.3) is 0 Å². The predicted octanol–water partition coefficient (Wildman–Crippen LogP) is 8.51. The number of hydrogen-bond acceptors (Lipinski definition) is 0. The zero-order valence-electron chi connectivity index (χ0n) is 19.0. The van der Waals surface area contributed by atoms with E-state index < -0.39 is 0 Å². The molecule has 0 nitrogen and oxygen atoms in total. The van der Waals surface area contributed by atoms with Crippen LogP contribution in [0.4, 0.5) is 0 Å². The summed E-state index contributed by atoms with van der Waals surface area (Å²) in [6.07, 6.45) is 26.7. The summed E-state index contributed by atoms with van der Waals surface area (Å²) >= 11 is 0. The fourth-order valence-corrected chi connectivity index (χ4v) is 4.96. The Bertz CT molecular complexity index is 553. The average Bonchev–Trinajstić information content (AvgIpc) is 2.67. The molecule has 2 aliphatic carbocycles. The van der Waals surface area contributed by atoms with E-state index >= 15 is 0 Å². The molecule has 4 atom stereocenters. The zero-order valence-corrected chi connectivity index (χ0v) is 19.0. The van der Waals surface area contributed by atoms with Crippen molar-refractivity contribution in [3.8, 4) is 12.3 Å². The van der Waals surface area contributed by atoms with Crippen LogP contribution < -0.4 is 0 Å². The van der Waals surface area contributed by atoms with E-state index in [1.54, 1.807) is 5.57 Å². The summed E-state index contributed by atoms with van der Waals surface area (Å²) in [5, 5.41) is 0. The lowest BCUT2D eigenvalue weighted by atomic mass is 9.57. The van der Waals surface area contributed by atoms with Crippen LogP contribution in [0.2, 0.25) is 0 Å². The molecule has 152 valence electrons. The van der Waals surface area contributed by atoms with Gasteiger partial charge in [-0.2, -0.15) is 0 Å². The van der Waals surface area contributed by atoms with Crippen molar-refractivity contribution in [1.29, 1.82) is 0 Å². The highest BCUT2D eigenvalue weighted by Gasteiger charge is 2.42. The van der Waals surface area contributed by atoms with Crippen LogP contribution in [0.15, 0.2) is 35.5 Å². The lowest BCUT2D eigenvalue weighted by Crippen LogP contribution is -2.38. The van der Waals surface area contributed by atoms with Crippen LogP contribution in [0.1, 0.15) is 99.3 Å². The molecule has 0 heteroatoms. The largest absolute Gasteiger partial charge is 0.115 e.